The van der Waals surface area contributed by atoms with Crippen molar-refractivity contribution >= 4 is 12.1 Å². The number of hydrogen-bond donors (Lipinski definition) is 2. The van der Waals surface area contributed by atoms with Crippen LogP contribution in [0.1, 0.15) is 27.0 Å². The molecule has 0 atom stereocenters. The molecule has 154 valence electrons. The molecule has 0 spiro atoms. The zero-order chi connectivity index (χ0) is 21.3. The molecular formula is C24H24N2O4. The first-order valence-corrected chi connectivity index (χ1v) is 9.52. The first-order valence-electron chi connectivity index (χ1n) is 9.52. The molecule has 0 unspecified atom stereocenters. The van der Waals surface area contributed by atoms with Crippen molar-refractivity contribution < 1.29 is 19.4 Å². The third-order valence-corrected chi connectivity index (χ3v) is 4.70. The molecule has 6 heteroatoms. The second-order valence-corrected chi connectivity index (χ2v) is 6.60. The smallest absolute Gasteiger partial charge is 0.271 e. The van der Waals surface area contributed by atoms with E-state index in [9.17, 15) is 9.90 Å². The van der Waals surface area contributed by atoms with Crippen LogP contribution in [-0.4, -0.2) is 31.4 Å². The van der Waals surface area contributed by atoms with Gasteiger partial charge in [-0.3, -0.25) is 4.79 Å². The number of aromatic hydroxyl groups is 1. The number of carbonyl (C=O) groups is 1. The van der Waals surface area contributed by atoms with Gasteiger partial charge in [-0.05, 0) is 30.0 Å². The highest BCUT2D eigenvalue weighted by Gasteiger charge is 2.12. The van der Waals surface area contributed by atoms with Crippen molar-refractivity contribution in [3.05, 3.63) is 89.0 Å². The van der Waals surface area contributed by atoms with Gasteiger partial charge in [0.05, 0.1) is 26.0 Å². The van der Waals surface area contributed by atoms with E-state index in [1.165, 1.54) is 32.1 Å². The lowest BCUT2D eigenvalue weighted by Gasteiger charge is -2.10. The van der Waals surface area contributed by atoms with Crippen molar-refractivity contribution in [3.8, 4) is 17.2 Å². The van der Waals surface area contributed by atoms with Gasteiger partial charge >= 0.3 is 0 Å². The van der Waals surface area contributed by atoms with E-state index in [0.717, 1.165) is 18.4 Å². The lowest BCUT2D eigenvalue weighted by atomic mass is 9.99. The largest absolute Gasteiger partial charge is 0.507 e. The summed E-state index contributed by atoms with van der Waals surface area (Å²) in [7, 11) is 2.98. The van der Waals surface area contributed by atoms with Gasteiger partial charge in [-0.25, -0.2) is 5.43 Å². The molecular weight excluding hydrogens is 380 g/mol. The Morgan fingerprint density at radius 3 is 2.47 bits per heavy atom. The molecule has 0 aromatic heterocycles. The molecule has 0 heterocycles. The summed E-state index contributed by atoms with van der Waals surface area (Å²) in [5.41, 5.74) is 5.59. The third-order valence-electron chi connectivity index (χ3n) is 4.70. The first-order chi connectivity index (χ1) is 14.6. The van der Waals surface area contributed by atoms with Crippen molar-refractivity contribution in [2.75, 3.05) is 14.2 Å². The van der Waals surface area contributed by atoms with Crippen LogP contribution in [0.15, 0.2) is 71.8 Å². The van der Waals surface area contributed by atoms with E-state index in [2.05, 4.69) is 22.7 Å². The fraction of sp³-hybridized carbons (Fsp3) is 0.167. The summed E-state index contributed by atoms with van der Waals surface area (Å²) in [5.74, 6) is 0.459. The maximum absolute atomic E-state index is 12.7. The maximum Gasteiger partial charge on any atom is 0.271 e. The van der Waals surface area contributed by atoms with Crippen LogP contribution in [0.2, 0.25) is 0 Å². The van der Waals surface area contributed by atoms with E-state index in [0.29, 0.717) is 22.6 Å². The number of phenols is 1. The van der Waals surface area contributed by atoms with E-state index in [1.807, 2.05) is 36.4 Å². The predicted molar refractivity (Wildman–Crippen MR) is 117 cm³/mol. The summed E-state index contributed by atoms with van der Waals surface area (Å²) in [5, 5.41) is 14.2. The summed E-state index contributed by atoms with van der Waals surface area (Å²) in [6.45, 7) is 0. The number of amides is 1. The van der Waals surface area contributed by atoms with Gasteiger partial charge < -0.3 is 14.6 Å². The molecule has 3 rings (SSSR count). The molecule has 0 saturated carbocycles. The number of ether oxygens (including phenoxy) is 2. The van der Waals surface area contributed by atoms with Crippen molar-refractivity contribution in [1.29, 1.82) is 0 Å². The number of aryl methyl sites for hydroxylation is 2. The van der Waals surface area contributed by atoms with Gasteiger partial charge in [-0.2, -0.15) is 5.10 Å². The fourth-order valence-electron chi connectivity index (χ4n) is 3.10. The summed E-state index contributed by atoms with van der Waals surface area (Å²) in [6, 6.07) is 20.7. The lowest BCUT2D eigenvalue weighted by Crippen LogP contribution is -2.19. The third kappa shape index (κ3) is 5.17. The van der Waals surface area contributed by atoms with Crippen molar-refractivity contribution in [2.45, 2.75) is 12.8 Å². The summed E-state index contributed by atoms with van der Waals surface area (Å²) in [4.78, 5) is 12.7. The average Bonchev–Trinajstić information content (AvgIpc) is 2.79. The Morgan fingerprint density at radius 1 is 1.00 bits per heavy atom. The van der Waals surface area contributed by atoms with E-state index in [1.54, 1.807) is 12.1 Å². The molecule has 0 radical (unpaired) electrons. The monoisotopic (exact) mass is 404 g/mol. The van der Waals surface area contributed by atoms with Gasteiger partial charge in [0.15, 0.2) is 0 Å². The Balaban J connectivity index is 1.71. The topological polar surface area (TPSA) is 80.2 Å². The van der Waals surface area contributed by atoms with Crippen LogP contribution in [-0.2, 0) is 12.8 Å². The molecule has 0 saturated heterocycles. The second-order valence-electron chi connectivity index (χ2n) is 6.60. The number of methoxy groups -OCH3 is 2. The Kier molecular flexibility index (Phi) is 7.05. The van der Waals surface area contributed by atoms with E-state index in [-0.39, 0.29) is 11.7 Å². The van der Waals surface area contributed by atoms with Gasteiger partial charge in [0.1, 0.15) is 17.2 Å². The predicted octanol–water partition coefficient (Wildman–Crippen LogP) is 3.96. The Labute approximate surface area is 175 Å². The molecule has 3 aromatic carbocycles. The minimum absolute atomic E-state index is 0.0625. The first kappa shape index (κ1) is 20.9. The molecule has 0 fully saturated rings. The number of carbonyl (C=O) groups excluding carboxylic acids is 1. The molecule has 0 aliphatic carbocycles. The Hall–Kier alpha value is -3.80. The Morgan fingerprint density at radius 2 is 1.73 bits per heavy atom. The minimum atomic E-state index is -0.318. The molecule has 30 heavy (non-hydrogen) atoms. The van der Waals surface area contributed by atoms with Crippen LogP contribution in [0.5, 0.6) is 17.2 Å². The SMILES string of the molecule is COc1cc(O)c(C=NNC(=O)c2ccccc2CCc2ccccc2)c(OC)c1. The number of nitrogens with one attached hydrogen (secondary N) is 1. The summed E-state index contributed by atoms with van der Waals surface area (Å²) in [6.07, 6.45) is 2.92. The second kappa shape index (κ2) is 10.1. The number of phenolic OH excluding ortho intramolecular Hbond substituents is 1. The van der Waals surface area contributed by atoms with Gasteiger partial charge in [0.2, 0.25) is 0 Å². The highest BCUT2D eigenvalue weighted by Crippen LogP contribution is 2.31. The van der Waals surface area contributed by atoms with E-state index in [4.69, 9.17) is 9.47 Å². The van der Waals surface area contributed by atoms with Crippen LogP contribution in [0.4, 0.5) is 0 Å². The van der Waals surface area contributed by atoms with E-state index < -0.39 is 0 Å². The van der Waals surface area contributed by atoms with Crippen LogP contribution in [0.3, 0.4) is 0 Å². The van der Waals surface area contributed by atoms with Gasteiger partial charge in [0.25, 0.3) is 5.91 Å². The van der Waals surface area contributed by atoms with Crippen molar-refractivity contribution in [3.63, 3.8) is 0 Å². The van der Waals surface area contributed by atoms with E-state index >= 15 is 0 Å². The van der Waals surface area contributed by atoms with Crippen LogP contribution >= 0.6 is 0 Å². The molecule has 3 aromatic rings. The summed E-state index contributed by atoms with van der Waals surface area (Å²) >= 11 is 0. The zero-order valence-electron chi connectivity index (χ0n) is 17.0. The minimum Gasteiger partial charge on any atom is -0.507 e. The molecule has 6 nitrogen and oxygen atoms in total. The number of benzene rings is 3. The average molecular weight is 404 g/mol. The highest BCUT2D eigenvalue weighted by atomic mass is 16.5. The quantitative estimate of drug-likeness (QED) is 0.440. The normalized spacial score (nSPS) is 10.7. The highest BCUT2D eigenvalue weighted by molar-refractivity contribution is 5.96. The number of hydrazone groups is 1. The molecule has 1 amide bonds. The summed E-state index contributed by atoms with van der Waals surface area (Å²) < 4.78 is 10.4. The van der Waals surface area contributed by atoms with Crippen molar-refractivity contribution in [1.82, 2.24) is 5.43 Å². The fourth-order valence-corrected chi connectivity index (χ4v) is 3.10. The standard InChI is InChI=1S/C24H24N2O4/c1-29-19-14-22(27)21(23(15-19)30-2)16-25-26-24(28)20-11-7-6-10-18(20)13-12-17-8-4-3-5-9-17/h3-11,14-16,27H,12-13H2,1-2H3,(H,26,28). The number of nitrogens with zero attached hydrogens (tertiary/aromatic N) is 1. The molecule has 0 aliphatic heterocycles. The lowest BCUT2D eigenvalue weighted by molar-refractivity contribution is 0.0954. The maximum atomic E-state index is 12.7. The number of rotatable bonds is 8. The van der Waals surface area contributed by atoms with Gasteiger partial charge in [-0.1, -0.05) is 48.5 Å². The van der Waals surface area contributed by atoms with Crippen LogP contribution < -0.4 is 14.9 Å². The molecule has 0 bridgehead atoms. The molecule has 2 N–H and O–H groups in total. The van der Waals surface area contributed by atoms with Gasteiger partial charge in [-0.15, -0.1) is 0 Å². The van der Waals surface area contributed by atoms with Crippen LogP contribution in [0, 0.1) is 0 Å². The molecule has 0 aliphatic rings. The zero-order valence-corrected chi connectivity index (χ0v) is 17.0. The Bertz CT molecular complexity index is 1030. The van der Waals surface area contributed by atoms with Crippen LogP contribution in [0.25, 0.3) is 0 Å². The van der Waals surface area contributed by atoms with Crippen molar-refractivity contribution in [2.24, 2.45) is 5.10 Å². The van der Waals surface area contributed by atoms with Gasteiger partial charge in [0, 0.05) is 17.7 Å². The number of hydrogen-bond acceptors (Lipinski definition) is 5.